The molecule has 0 radical (unpaired) electrons. The van der Waals surface area contributed by atoms with E-state index >= 15 is 0 Å². The summed E-state index contributed by atoms with van der Waals surface area (Å²) >= 11 is 5.86. The van der Waals surface area contributed by atoms with Gasteiger partial charge in [-0.15, -0.1) is 0 Å². The summed E-state index contributed by atoms with van der Waals surface area (Å²) in [6.07, 6.45) is 2.72. The topological polar surface area (TPSA) is 34.9 Å². The Morgan fingerprint density at radius 1 is 1.56 bits per heavy atom. The fourth-order valence-electron chi connectivity index (χ4n) is 1.44. The molecule has 0 bridgehead atoms. The monoisotopic (exact) mass is 238 g/mol. The molecule has 0 unspecified atom stereocenters. The Hall–Kier alpha value is -1.68. The third-order valence-corrected chi connectivity index (χ3v) is 2.40. The number of carbonyl (C=O) groups excluding carboxylic acids is 1. The maximum atomic E-state index is 12.8. The van der Waals surface area contributed by atoms with Crippen molar-refractivity contribution in [2.24, 2.45) is 0 Å². The van der Waals surface area contributed by atoms with Crippen LogP contribution in [0.4, 0.5) is 4.39 Å². The number of aromatic nitrogens is 2. The quantitative estimate of drug-likeness (QED) is 0.754. The molecule has 2 aromatic rings. The summed E-state index contributed by atoms with van der Waals surface area (Å²) in [5.41, 5.74) is 0.459. The molecule has 0 spiro atoms. The number of nitrogens with zero attached hydrogens (tertiary/aromatic N) is 2. The molecule has 2 heterocycles. The number of pyridine rings is 1. The van der Waals surface area contributed by atoms with Crippen LogP contribution in [-0.4, -0.2) is 15.3 Å². The van der Waals surface area contributed by atoms with Crippen LogP contribution in [0.1, 0.15) is 17.4 Å². The van der Waals surface area contributed by atoms with Gasteiger partial charge >= 0.3 is 0 Å². The van der Waals surface area contributed by atoms with Gasteiger partial charge in [-0.05, 0) is 18.2 Å². The molecule has 0 fully saturated rings. The number of hydrogen-bond acceptors (Lipinski definition) is 2. The minimum atomic E-state index is -0.509. The highest BCUT2D eigenvalue weighted by molar-refractivity contribution is 6.32. The van der Waals surface area contributed by atoms with E-state index in [9.17, 15) is 9.18 Å². The lowest BCUT2D eigenvalue weighted by molar-refractivity contribution is 0.101. The molecule has 16 heavy (non-hydrogen) atoms. The van der Waals surface area contributed by atoms with Gasteiger partial charge in [0.15, 0.2) is 11.6 Å². The van der Waals surface area contributed by atoms with Crippen molar-refractivity contribution in [3.8, 4) is 5.82 Å². The second-order valence-corrected chi connectivity index (χ2v) is 3.69. The Labute approximate surface area is 96.5 Å². The summed E-state index contributed by atoms with van der Waals surface area (Å²) in [5, 5.41) is 0.165. The smallest absolute Gasteiger partial charge is 0.176 e. The highest BCUT2D eigenvalue weighted by atomic mass is 35.5. The van der Waals surface area contributed by atoms with Crippen LogP contribution in [0.5, 0.6) is 0 Å². The van der Waals surface area contributed by atoms with Crippen LogP contribution in [-0.2, 0) is 0 Å². The van der Waals surface area contributed by atoms with Gasteiger partial charge in [0.2, 0.25) is 0 Å². The third kappa shape index (κ3) is 1.84. The largest absolute Gasteiger partial charge is 0.297 e. The molecule has 0 aliphatic rings. The number of ketones is 1. The van der Waals surface area contributed by atoms with E-state index in [4.69, 9.17) is 11.6 Å². The minimum absolute atomic E-state index is 0.104. The summed E-state index contributed by atoms with van der Waals surface area (Å²) in [6, 6.07) is 4.52. The van der Waals surface area contributed by atoms with Gasteiger partial charge in [-0.2, -0.15) is 0 Å². The Morgan fingerprint density at radius 2 is 2.31 bits per heavy atom. The maximum absolute atomic E-state index is 12.8. The van der Waals surface area contributed by atoms with Gasteiger partial charge in [-0.25, -0.2) is 9.37 Å². The first-order valence-electron chi connectivity index (χ1n) is 4.59. The predicted octanol–water partition coefficient (Wildman–Crippen LogP) is 2.87. The predicted molar refractivity (Wildman–Crippen MR) is 58.5 cm³/mol. The van der Waals surface area contributed by atoms with Gasteiger partial charge in [0.1, 0.15) is 5.82 Å². The molecule has 0 saturated carbocycles. The Morgan fingerprint density at radius 3 is 2.94 bits per heavy atom. The molecule has 82 valence electrons. The van der Waals surface area contributed by atoms with Crippen LogP contribution >= 0.6 is 11.6 Å². The maximum Gasteiger partial charge on any atom is 0.176 e. The van der Waals surface area contributed by atoms with E-state index in [2.05, 4.69) is 4.98 Å². The van der Waals surface area contributed by atoms with Crippen LogP contribution in [0.3, 0.4) is 0 Å². The lowest BCUT2D eigenvalue weighted by atomic mass is 10.3. The molecule has 0 aliphatic heterocycles. The van der Waals surface area contributed by atoms with E-state index < -0.39 is 5.82 Å². The van der Waals surface area contributed by atoms with E-state index in [1.807, 2.05) is 0 Å². The highest BCUT2D eigenvalue weighted by Crippen LogP contribution is 2.20. The van der Waals surface area contributed by atoms with Crippen molar-refractivity contribution in [1.29, 1.82) is 0 Å². The number of halogens is 2. The molecule has 0 aromatic carbocycles. The molecule has 0 atom stereocenters. The summed E-state index contributed by atoms with van der Waals surface area (Å²) in [4.78, 5) is 15.2. The number of carbonyl (C=O) groups is 1. The average Bonchev–Trinajstić information content (AvgIpc) is 2.66. The Kier molecular flexibility index (Phi) is 2.75. The first-order chi connectivity index (χ1) is 7.59. The normalized spacial score (nSPS) is 10.4. The fourth-order valence-corrected chi connectivity index (χ4v) is 1.68. The molecular weight excluding hydrogens is 231 g/mol. The lowest BCUT2D eigenvalue weighted by Gasteiger charge is -2.07. The van der Waals surface area contributed by atoms with Gasteiger partial charge in [0.05, 0.1) is 16.9 Å². The van der Waals surface area contributed by atoms with Crippen LogP contribution in [0.2, 0.25) is 5.02 Å². The van der Waals surface area contributed by atoms with Crippen molar-refractivity contribution in [1.82, 2.24) is 9.55 Å². The number of Topliss-reactive ketones (excluding diaryl/α,β-unsaturated/α-hetero) is 1. The second-order valence-electron chi connectivity index (χ2n) is 3.28. The zero-order chi connectivity index (χ0) is 11.7. The lowest BCUT2D eigenvalue weighted by Crippen LogP contribution is -2.05. The van der Waals surface area contributed by atoms with E-state index in [0.717, 1.165) is 12.3 Å². The van der Waals surface area contributed by atoms with Crippen LogP contribution in [0.25, 0.3) is 5.82 Å². The van der Waals surface area contributed by atoms with Crippen molar-refractivity contribution in [2.45, 2.75) is 6.92 Å². The van der Waals surface area contributed by atoms with Crippen LogP contribution < -0.4 is 0 Å². The SMILES string of the molecule is CC(=O)c1cccn1-c1ncc(F)cc1Cl. The molecule has 0 aliphatic carbocycles. The third-order valence-electron chi connectivity index (χ3n) is 2.13. The molecule has 3 nitrogen and oxygen atoms in total. The van der Waals surface area contributed by atoms with E-state index in [1.165, 1.54) is 11.5 Å². The summed E-state index contributed by atoms with van der Waals surface area (Å²) in [7, 11) is 0. The fraction of sp³-hybridized carbons (Fsp3) is 0.0909. The molecule has 2 aromatic heterocycles. The molecule has 0 amide bonds. The molecule has 0 saturated heterocycles. The van der Waals surface area contributed by atoms with Crippen molar-refractivity contribution in [2.75, 3.05) is 0 Å². The van der Waals surface area contributed by atoms with Gasteiger partial charge in [0.25, 0.3) is 0 Å². The first-order valence-corrected chi connectivity index (χ1v) is 4.97. The Balaban J connectivity index is 2.59. The zero-order valence-electron chi connectivity index (χ0n) is 8.45. The highest BCUT2D eigenvalue weighted by Gasteiger charge is 2.11. The molecule has 0 N–H and O–H groups in total. The number of rotatable bonds is 2. The Bertz CT molecular complexity index is 551. The standard InChI is InChI=1S/C11H8ClFN2O/c1-7(16)10-3-2-4-15(10)11-9(12)5-8(13)6-14-11/h2-6H,1H3. The first kappa shape index (κ1) is 10.8. The van der Waals surface area contributed by atoms with Gasteiger partial charge in [-0.3, -0.25) is 9.36 Å². The summed E-state index contributed by atoms with van der Waals surface area (Å²) < 4.78 is 14.4. The van der Waals surface area contributed by atoms with Crippen LogP contribution in [0.15, 0.2) is 30.6 Å². The molecule has 2 rings (SSSR count). The zero-order valence-corrected chi connectivity index (χ0v) is 9.20. The van der Waals surface area contributed by atoms with Crippen molar-refractivity contribution >= 4 is 17.4 Å². The number of hydrogen-bond donors (Lipinski definition) is 0. The van der Waals surface area contributed by atoms with Gasteiger partial charge in [0, 0.05) is 13.1 Å². The van der Waals surface area contributed by atoms with Gasteiger partial charge in [-0.1, -0.05) is 11.6 Å². The van der Waals surface area contributed by atoms with Crippen LogP contribution in [0, 0.1) is 5.82 Å². The van der Waals surface area contributed by atoms with Crippen molar-refractivity contribution in [3.05, 3.63) is 47.1 Å². The van der Waals surface area contributed by atoms with Gasteiger partial charge < -0.3 is 0 Å². The van der Waals surface area contributed by atoms with E-state index in [0.29, 0.717) is 11.5 Å². The minimum Gasteiger partial charge on any atom is -0.297 e. The van der Waals surface area contributed by atoms with Crippen molar-refractivity contribution in [3.63, 3.8) is 0 Å². The van der Waals surface area contributed by atoms with E-state index in [-0.39, 0.29) is 10.8 Å². The second kappa shape index (κ2) is 4.06. The summed E-state index contributed by atoms with van der Waals surface area (Å²) in [5.74, 6) is -0.268. The van der Waals surface area contributed by atoms with Crippen molar-refractivity contribution < 1.29 is 9.18 Å². The average molecular weight is 239 g/mol. The summed E-state index contributed by atoms with van der Waals surface area (Å²) in [6.45, 7) is 1.45. The van der Waals surface area contributed by atoms with E-state index in [1.54, 1.807) is 18.3 Å². The molecule has 5 heteroatoms. The molecular formula is C11H8ClFN2O.